The van der Waals surface area contributed by atoms with Crippen LogP contribution in [0.1, 0.15) is 4.11 Å². The lowest BCUT2D eigenvalue weighted by atomic mass is 10.2. The summed E-state index contributed by atoms with van der Waals surface area (Å²) in [5, 5.41) is 10.0. The normalized spacial score (nSPS) is 15.8. The number of aryl methyl sites for hydroxylation is 1. The number of hydrogen-bond acceptors (Lipinski definition) is 1. The number of phenols is 1. The summed E-state index contributed by atoms with van der Waals surface area (Å²) in [6.07, 6.45) is 1.46. The highest BCUT2D eigenvalue weighted by Gasteiger charge is 1.99. The fraction of sp³-hybridized carbons (Fsp3) is 0.111. The summed E-state index contributed by atoms with van der Waals surface area (Å²) in [5.74, 6) is 0.102. The molecule has 1 aromatic heterocycles. The van der Waals surface area contributed by atoms with E-state index in [0.717, 1.165) is 0 Å². The van der Waals surface area contributed by atoms with Crippen LogP contribution in [0.15, 0.2) is 30.5 Å². The predicted octanol–water partition coefficient (Wildman–Crippen LogP) is 1.88. The smallest absolute Gasteiger partial charge is 0.124 e. The maximum Gasteiger partial charge on any atom is 0.124 e. The second kappa shape index (κ2) is 2.02. The van der Waals surface area contributed by atoms with Crippen molar-refractivity contribution in [3.8, 4) is 5.75 Å². The van der Waals surface area contributed by atoms with Crippen molar-refractivity contribution >= 4 is 10.9 Å². The Labute approximate surface area is 68.9 Å². The number of phenolic OH excluding ortho intramolecular Hbond substituents is 1. The highest BCUT2D eigenvalue weighted by molar-refractivity contribution is 5.85. The third-order valence-corrected chi connectivity index (χ3v) is 1.71. The molecule has 2 nitrogen and oxygen atoms in total. The SMILES string of the molecule is [2H]C([2H])([2H])n1ccc2c(O)cccc21. The maximum absolute atomic E-state index is 9.45. The fourth-order valence-electron chi connectivity index (χ4n) is 1.15. The number of aromatic hydroxyl groups is 1. The lowest BCUT2D eigenvalue weighted by Gasteiger charge is -1.96. The monoisotopic (exact) mass is 150 g/mol. The van der Waals surface area contributed by atoms with E-state index in [0.29, 0.717) is 10.9 Å². The Morgan fingerprint density at radius 3 is 3.18 bits per heavy atom. The molecule has 0 aliphatic carbocycles. The van der Waals surface area contributed by atoms with Gasteiger partial charge in [-0.05, 0) is 18.2 Å². The molecule has 0 fully saturated rings. The van der Waals surface area contributed by atoms with Gasteiger partial charge in [0.25, 0.3) is 0 Å². The summed E-state index contributed by atoms with van der Waals surface area (Å²) in [6.45, 7) is -2.20. The molecular formula is C9H9NO. The Bertz CT molecular complexity index is 472. The van der Waals surface area contributed by atoms with Crippen LogP contribution in [0.3, 0.4) is 0 Å². The van der Waals surface area contributed by atoms with E-state index >= 15 is 0 Å². The average molecular weight is 150 g/mol. The highest BCUT2D eigenvalue weighted by Crippen LogP contribution is 2.23. The first kappa shape index (κ1) is 3.81. The lowest BCUT2D eigenvalue weighted by Crippen LogP contribution is -1.81. The second-order valence-corrected chi connectivity index (χ2v) is 2.40. The quantitative estimate of drug-likeness (QED) is 0.609. The highest BCUT2D eigenvalue weighted by atomic mass is 16.3. The third-order valence-electron chi connectivity index (χ3n) is 1.71. The molecule has 0 atom stereocenters. The van der Waals surface area contributed by atoms with Crippen molar-refractivity contribution in [1.29, 1.82) is 0 Å². The minimum absolute atomic E-state index is 0.102. The van der Waals surface area contributed by atoms with Crippen LogP contribution in [0, 0.1) is 0 Å². The molecular weight excluding hydrogens is 138 g/mol. The van der Waals surface area contributed by atoms with Gasteiger partial charge in [0.1, 0.15) is 5.75 Å². The zero-order valence-corrected chi connectivity index (χ0v) is 5.78. The first-order chi connectivity index (χ1) is 6.50. The second-order valence-electron chi connectivity index (χ2n) is 2.40. The van der Waals surface area contributed by atoms with Gasteiger partial charge < -0.3 is 9.67 Å². The van der Waals surface area contributed by atoms with E-state index in [1.807, 2.05) is 0 Å². The molecule has 0 unspecified atom stereocenters. The standard InChI is InChI=1S/C9H9NO/c1-10-6-5-7-8(10)3-2-4-9(7)11/h2-6,11H,1H3/i1D3. The summed E-state index contributed by atoms with van der Waals surface area (Å²) >= 11 is 0. The Hall–Kier alpha value is -1.44. The minimum atomic E-state index is -2.20. The third kappa shape index (κ3) is 0.792. The van der Waals surface area contributed by atoms with Gasteiger partial charge in [-0.1, -0.05) is 6.07 Å². The van der Waals surface area contributed by atoms with E-state index in [2.05, 4.69) is 0 Å². The number of nitrogens with zero attached hydrogens (tertiary/aromatic N) is 1. The largest absolute Gasteiger partial charge is 0.507 e. The molecule has 2 rings (SSSR count). The average Bonchev–Trinajstić information content (AvgIpc) is 2.47. The Kier molecular flexibility index (Phi) is 0.700. The first-order valence-corrected chi connectivity index (χ1v) is 3.30. The van der Waals surface area contributed by atoms with Crippen LogP contribution in [-0.4, -0.2) is 9.67 Å². The predicted molar refractivity (Wildman–Crippen MR) is 44.6 cm³/mol. The molecule has 0 aliphatic heterocycles. The van der Waals surface area contributed by atoms with Crippen LogP contribution >= 0.6 is 0 Å². The molecule has 11 heavy (non-hydrogen) atoms. The number of rotatable bonds is 0. The first-order valence-electron chi connectivity index (χ1n) is 4.80. The van der Waals surface area contributed by atoms with E-state index in [-0.39, 0.29) is 5.75 Å². The van der Waals surface area contributed by atoms with Gasteiger partial charge in [0.05, 0.1) is 5.52 Å². The lowest BCUT2D eigenvalue weighted by molar-refractivity contribution is 0.481. The van der Waals surface area contributed by atoms with Gasteiger partial charge in [-0.25, -0.2) is 0 Å². The number of aromatic nitrogens is 1. The Balaban J connectivity index is 2.76. The summed E-state index contributed by atoms with van der Waals surface area (Å²) in [4.78, 5) is 0. The molecule has 0 saturated carbocycles. The zero-order valence-electron chi connectivity index (χ0n) is 8.78. The maximum atomic E-state index is 9.45. The Morgan fingerprint density at radius 1 is 1.45 bits per heavy atom. The van der Waals surface area contributed by atoms with Crippen molar-refractivity contribution in [2.24, 2.45) is 6.98 Å². The number of fused-ring (bicyclic) bond motifs is 1. The molecule has 1 heterocycles. The zero-order chi connectivity index (χ0) is 10.3. The topological polar surface area (TPSA) is 25.2 Å². The van der Waals surface area contributed by atoms with Gasteiger partial charge in [-0.3, -0.25) is 0 Å². The van der Waals surface area contributed by atoms with Crippen molar-refractivity contribution in [3.05, 3.63) is 30.5 Å². The molecule has 56 valence electrons. The van der Waals surface area contributed by atoms with Crippen LogP contribution in [0.2, 0.25) is 0 Å². The molecule has 1 N–H and O–H groups in total. The fourth-order valence-corrected chi connectivity index (χ4v) is 1.15. The van der Waals surface area contributed by atoms with Crippen LogP contribution in [0.5, 0.6) is 5.75 Å². The van der Waals surface area contributed by atoms with Crippen molar-refractivity contribution in [1.82, 2.24) is 4.57 Å². The van der Waals surface area contributed by atoms with Crippen molar-refractivity contribution in [2.75, 3.05) is 0 Å². The van der Waals surface area contributed by atoms with Gasteiger partial charge in [0.2, 0.25) is 0 Å². The molecule has 0 spiro atoms. The molecule has 2 aromatic rings. The van der Waals surface area contributed by atoms with Crippen molar-refractivity contribution in [2.45, 2.75) is 0 Å². The van der Waals surface area contributed by atoms with Gasteiger partial charge in [-0.15, -0.1) is 0 Å². The van der Waals surface area contributed by atoms with E-state index < -0.39 is 6.98 Å². The van der Waals surface area contributed by atoms with Crippen molar-refractivity contribution < 1.29 is 9.22 Å². The van der Waals surface area contributed by atoms with Crippen LogP contribution in [0.4, 0.5) is 0 Å². The molecule has 0 amide bonds. The molecule has 2 heteroatoms. The van der Waals surface area contributed by atoms with E-state index in [9.17, 15) is 5.11 Å². The minimum Gasteiger partial charge on any atom is -0.507 e. The molecule has 0 bridgehead atoms. The number of benzene rings is 1. The summed E-state index contributed by atoms with van der Waals surface area (Å²) in [5.41, 5.74) is 0.519. The van der Waals surface area contributed by atoms with E-state index in [1.165, 1.54) is 16.8 Å². The van der Waals surface area contributed by atoms with E-state index in [4.69, 9.17) is 4.11 Å². The summed E-state index contributed by atoms with van der Waals surface area (Å²) < 4.78 is 22.9. The van der Waals surface area contributed by atoms with E-state index in [1.54, 1.807) is 18.2 Å². The summed E-state index contributed by atoms with van der Waals surface area (Å²) in [6, 6.07) is 6.42. The van der Waals surface area contributed by atoms with Crippen molar-refractivity contribution in [3.63, 3.8) is 0 Å². The van der Waals surface area contributed by atoms with Crippen LogP contribution in [0.25, 0.3) is 10.9 Å². The van der Waals surface area contributed by atoms with Crippen LogP contribution in [-0.2, 0) is 6.98 Å². The van der Waals surface area contributed by atoms with Gasteiger partial charge in [-0.2, -0.15) is 0 Å². The molecule has 0 aliphatic rings. The Morgan fingerprint density at radius 2 is 2.36 bits per heavy atom. The number of hydrogen-bond donors (Lipinski definition) is 1. The molecule has 0 saturated heterocycles. The van der Waals surface area contributed by atoms with Gasteiger partial charge >= 0.3 is 0 Å². The molecule has 0 radical (unpaired) electrons. The van der Waals surface area contributed by atoms with Crippen LogP contribution < -0.4 is 0 Å². The van der Waals surface area contributed by atoms with Gasteiger partial charge in [0.15, 0.2) is 0 Å². The molecule has 1 aromatic carbocycles. The summed E-state index contributed by atoms with van der Waals surface area (Å²) in [7, 11) is 0. The van der Waals surface area contributed by atoms with Gasteiger partial charge in [0, 0.05) is 22.7 Å².